The van der Waals surface area contributed by atoms with Crippen molar-refractivity contribution in [2.75, 3.05) is 12.0 Å². The zero-order valence-electron chi connectivity index (χ0n) is 15.1. The molecule has 0 fully saturated rings. The van der Waals surface area contributed by atoms with Gasteiger partial charge in [0.05, 0.1) is 13.7 Å². The minimum atomic E-state index is -0.371. The molecule has 2 aromatic carbocycles. The topological polar surface area (TPSA) is 42.4 Å². The second-order valence-corrected chi connectivity index (χ2v) is 6.17. The van der Waals surface area contributed by atoms with Crippen LogP contribution in [0.4, 0.5) is 10.1 Å². The highest BCUT2D eigenvalue weighted by Crippen LogP contribution is 2.21. The van der Waals surface area contributed by atoms with Crippen LogP contribution in [-0.4, -0.2) is 18.0 Å². The average Bonchev–Trinajstić information content (AvgIpc) is 2.71. The maximum absolute atomic E-state index is 13.7. The smallest absolute Gasteiger partial charge is 0.227 e. The van der Waals surface area contributed by atoms with Crippen molar-refractivity contribution in [1.29, 1.82) is 0 Å². The van der Waals surface area contributed by atoms with Gasteiger partial charge in [0.25, 0.3) is 0 Å². The minimum Gasteiger partial charge on any atom is -0.497 e. The molecule has 4 nitrogen and oxygen atoms in total. The summed E-state index contributed by atoms with van der Waals surface area (Å²) in [5.74, 6) is 0.314. The van der Waals surface area contributed by atoms with Gasteiger partial charge in [-0.15, -0.1) is 0 Å². The molecule has 3 aromatic rings. The standard InChI is InChI=1S/C22H21FN2O2/c1-27-21-9-2-5-17(13-21)10-11-22(26)25(16-18-6-4-12-24-15-18)20-8-3-7-19(23)14-20/h2-9,12-15H,10-11,16H2,1H3. The number of ether oxygens (including phenoxy) is 1. The Bertz CT molecular complexity index is 900. The number of anilines is 1. The Hall–Kier alpha value is -3.21. The van der Waals surface area contributed by atoms with Gasteiger partial charge in [-0.3, -0.25) is 9.78 Å². The van der Waals surface area contributed by atoms with Crippen LogP contribution in [0.25, 0.3) is 0 Å². The number of pyridine rings is 1. The van der Waals surface area contributed by atoms with E-state index in [2.05, 4.69) is 4.98 Å². The summed E-state index contributed by atoms with van der Waals surface area (Å²) in [6.07, 6.45) is 4.28. The van der Waals surface area contributed by atoms with Crippen LogP contribution in [-0.2, 0) is 17.8 Å². The van der Waals surface area contributed by atoms with Crippen LogP contribution in [0.5, 0.6) is 5.75 Å². The first-order valence-corrected chi connectivity index (χ1v) is 8.73. The first kappa shape index (κ1) is 18.6. The van der Waals surface area contributed by atoms with Gasteiger partial charge < -0.3 is 9.64 Å². The third kappa shape index (κ3) is 5.14. The number of hydrogen-bond acceptors (Lipinski definition) is 3. The van der Waals surface area contributed by atoms with Gasteiger partial charge >= 0.3 is 0 Å². The normalized spacial score (nSPS) is 10.4. The predicted molar refractivity (Wildman–Crippen MR) is 103 cm³/mol. The molecule has 1 aromatic heterocycles. The molecule has 1 amide bonds. The number of aromatic nitrogens is 1. The number of carbonyl (C=O) groups is 1. The molecule has 0 aliphatic rings. The van der Waals surface area contributed by atoms with Gasteiger partial charge in [0.2, 0.25) is 5.91 Å². The lowest BCUT2D eigenvalue weighted by molar-refractivity contribution is -0.118. The summed E-state index contributed by atoms with van der Waals surface area (Å²) >= 11 is 0. The summed E-state index contributed by atoms with van der Waals surface area (Å²) < 4.78 is 18.9. The van der Waals surface area contributed by atoms with E-state index in [1.54, 1.807) is 36.5 Å². The molecule has 0 aliphatic carbocycles. The Labute approximate surface area is 158 Å². The highest BCUT2D eigenvalue weighted by molar-refractivity contribution is 5.93. The molecule has 0 bridgehead atoms. The Morgan fingerprint density at radius 2 is 1.89 bits per heavy atom. The van der Waals surface area contributed by atoms with Gasteiger partial charge in [-0.1, -0.05) is 24.3 Å². The lowest BCUT2D eigenvalue weighted by Gasteiger charge is -2.23. The van der Waals surface area contributed by atoms with Crippen LogP contribution in [0.2, 0.25) is 0 Å². The fourth-order valence-electron chi connectivity index (χ4n) is 2.86. The van der Waals surface area contributed by atoms with E-state index in [0.717, 1.165) is 16.9 Å². The molecule has 1 heterocycles. The van der Waals surface area contributed by atoms with Crippen LogP contribution >= 0.6 is 0 Å². The Balaban J connectivity index is 1.77. The average molecular weight is 364 g/mol. The van der Waals surface area contributed by atoms with Crippen molar-refractivity contribution in [3.63, 3.8) is 0 Å². The molecule has 5 heteroatoms. The zero-order chi connectivity index (χ0) is 19.1. The van der Waals surface area contributed by atoms with E-state index in [-0.39, 0.29) is 11.7 Å². The maximum Gasteiger partial charge on any atom is 0.227 e. The predicted octanol–water partition coefficient (Wildman–Crippen LogP) is 4.40. The van der Waals surface area contributed by atoms with Gasteiger partial charge in [-0.05, 0) is 53.9 Å². The number of hydrogen-bond donors (Lipinski definition) is 0. The van der Waals surface area contributed by atoms with Crippen molar-refractivity contribution in [3.8, 4) is 5.75 Å². The molecule has 0 atom stereocenters. The van der Waals surface area contributed by atoms with Crippen molar-refractivity contribution in [2.45, 2.75) is 19.4 Å². The summed E-state index contributed by atoms with van der Waals surface area (Å²) in [6.45, 7) is 0.342. The monoisotopic (exact) mass is 364 g/mol. The number of rotatable bonds is 7. The van der Waals surface area contributed by atoms with E-state index in [1.807, 2.05) is 36.4 Å². The molecule has 138 valence electrons. The molecule has 0 spiro atoms. The largest absolute Gasteiger partial charge is 0.497 e. The third-order valence-electron chi connectivity index (χ3n) is 4.25. The molecular weight excluding hydrogens is 343 g/mol. The number of amides is 1. The second-order valence-electron chi connectivity index (χ2n) is 6.17. The first-order chi connectivity index (χ1) is 13.2. The Morgan fingerprint density at radius 1 is 1.07 bits per heavy atom. The number of aryl methyl sites for hydroxylation is 1. The van der Waals surface area contributed by atoms with Gasteiger partial charge in [0.15, 0.2) is 0 Å². The van der Waals surface area contributed by atoms with E-state index in [4.69, 9.17) is 4.74 Å². The van der Waals surface area contributed by atoms with Crippen LogP contribution in [0.3, 0.4) is 0 Å². The van der Waals surface area contributed by atoms with E-state index in [1.165, 1.54) is 12.1 Å². The number of benzene rings is 2. The highest BCUT2D eigenvalue weighted by Gasteiger charge is 2.17. The van der Waals surface area contributed by atoms with Crippen LogP contribution < -0.4 is 9.64 Å². The summed E-state index contributed by atoms with van der Waals surface area (Å²) in [4.78, 5) is 18.6. The molecule has 0 saturated carbocycles. The lowest BCUT2D eigenvalue weighted by atomic mass is 10.1. The van der Waals surface area contributed by atoms with Crippen molar-refractivity contribution < 1.29 is 13.9 Å². The van der Waals surface area contributed by atoms with E-state index in [0.29, 0.717) is 25.1 Å². The van der Waals surface area contributed by atoms with Gasteiger partial charge in [-0.2, -0.15) is 0 Å². The fourth-order valence-corrected chi connectivity index (χ4v) is 2.86. The highest BCUT2D eigenvalue weighted by atomic mass is 19.1. The van der Waals surface area contributed by atoms with Crippen LogP contribution in [0, 0.1) is 5.82 Å². The number of methoxy groups -OCH3 is 1. The van der Waals surface area contributed by atoms with E-state index >= 15 is 0 Å². The summed E-state index contributed by atoms with van der Waals surface area (Å²) in [5.41, 5.74) is 2.44. The maximum atomic E-state index is 13.7. The third-order valence-corrected chi connectivity index (χ3v) is 4.25. The zero-order valence-corrected chi connectivity index (χ0v) is 15.1. The van der Waals surface area contributed by atoms with E-state index < -0.39 is 0 Å². The van der Waals surface area contributed by atoms with Crippen LogP contribution in [0.15, 0.2) is 73.1 Å². The summed E-state index contributed by atoms with van der Waals surface area (Å²) in [7, 11) is 1.61. The van der Waals surface area contributed by atoms with Crippen molar-refractivity contribution in [1.82, 2.24) is 4.98 Å². The SMILES string of the molecule is COc1cccc(CCC(=O)N(Cc2cccnc2)c2cccc(F)c2)c1. The molecule has 0 N–H and O–H groups in total. The van der Waals surface area contributed by atoms with Gasteiger partial charge in [0, 0.05) is 24.5 Å². The summed E-state index contributed by atoms with van der Waals surface area (Å²) in [5, 5.41) is 0. The number of nitrogens with zero attached hydrogens (tertiary/aromatic N) is 2. The van der Waals surface area contributed by atoms with E-state index in [9.17, 15) is 9.18 Å². The lowest BCUT2D eigenvalue weighted by Crippen LogP contribution is -2.30. The number of carbonyl (C=O) groups excluding carboxylic acids is 1. The van der Waals surface area contributed by atoms with Crippen molar-refractivity contribution in [2.24, 2.45) is 0 Å². The Morgan fingerprint density at radius 3 is 2.63 bits per heavy atom. The first-order valence-electron chi connectivity index (χ1n) is 8.73. The molecule has 0 saturated heterocycles. The quantitative estimate of drug-likeness (QED) is 0.624. The molecule has 0 unspecified atom stereocenters. The molecule has 27 heavy (non-hydrogen) atoms. The van der Waals surface area contributed by atoms with Gasteiger partial charge in [-0.25, -0.2) is 4.39 Å². The van der Waals surface area contributed by atoms with Crippen LogP contribution in [0.1, 0.15) is 17.5 Å². The van der Waals surface area contributed by atoms with Crippen molar-refractivity contribution in [3.05, 3.63) is 90.0 Å². The molecule has 0 radical (unpaired) electrons. The second kappa shape index (κ2) is 8.94. The summed E-state index contributed by atoms with van der Waals surface area (Å²) in [6, 6.07) is 17.5. The molecule has 3 rings (SSSR count). The fraction of sp³-hybridized carbons (Fsp3) is 0.182. The Kier molecular flexibility index (Phi) is 6.15. The minimum absolute atomic E-state index is 0.0766. The van der Waals surface area contributed by atoms with Gasteiger partial charge in [0.1, 0.15) is 11.6 Å². The number of halogens is 1. The molecule has 0 aliphatic heterocycles. The molecular formula is C22H21FN2O2. The van der Waals surface area contributed by atoms with Crippen molar-refractivity contribution >= 4 is 11.6 Å².